The highest BCUT2D eigenvalue weighted by Crippen LogP contribution is 2.31. The number of rotatable bonds is 4. The van der Waals surface area contributed by atoms with Crippen molar-refractivity contribution in [3.8, 4) is 11.5 Å². The van der Waals surface area contributed by atoms with Gasteiger partial charge in [-0.2, -0.15) is 8.42 Å². The SMILES string of the molecule is COc1ccc([N+](=O)[O-])cc1OC(=O)NS(=O)(=O)Cl. The molecule has 0 heterocycles. The van der Waals surface area contributed by atoms with Crippen LogP contribution in [0.3, 0.4) is 0 Å². The Hall–Kier alpha value is -2.07. The van der Waals surface area contributed by atoms with Gasteiger partial charge < -0.3 is 9.47 Å². The number of nitro groups is 1. The Labute approximate surface area is 111 Å². The van der Waals surface area contributed by atoms with E-state index in [1.807, 2.05) is 0 Å². The zero-order chi connectivity index (χ0) is 14.6. The van der Waals surface area contributed by atoms with Crippen LogP contribution in [0.5, 0.6) is 11.5 Å². The fraction of sp³-hybridized carbons (Fsp3) is 0.125. The van der Waals surface area contributed by atoms with Gasteiger partial charge in [0.15, 0.2) is 11.5 Å². The van der Waals surface area contributed by atoms with Crippen molar-refractivity contribution >= 4 is 31.7 Å². The normalized spacial score (nSPS) is 10.6. The van der Waals surface area contributed by atoms with Crippen LogP contribution in [-0.2, 0) is 9.24 Å². The number of halogens is 1. The first-order valence-corrected chi connectivity index (χ1v) is 6.80. The predicted molar refractivity (Wildman–Crippen MR) is 63.6 cm³/mol. The summed E-state index contributed by atoms with van der Waals surface area (Å²) >= 11 is 0. The largest absolute Gasteiger partial charge is 0.493 e. The zero-order valence-electron chi connectivity index (χ0n) is 9.32. The van der Waals surface area contributed by atoms with Crippen molar-refractivity contribution in [2.24, 2.45) is 0 Å². The quantitative estimate of drug-likeness (QED) is 0.502. The van der Waals surface area contributed by atoms with Crippen LogP contribution in [0.25, 0.3) is 0 Å². The number of carbonyl (C=O) groups is 1. The number of hydrogen-bond acceptors (Lipinski definition) is 7. The molecular weight excluding hydrogens is 304 g/mol. The summed E-state index contributed by atoms with van der Waals surface area (Å²) in [6.07, 6.45) is -1.42. The Morgan fingerprint density at radius 2 is 2.05 bits per heavy atom. The number of carbonyl (C=O) groups excluding carboxylic acids is 1. The number of methoxy groups -OCH3 is 1. The van der Waals surface area contributed by atoms with Crippen LogP contribution in [0, 0.1) is 10.1 Å². The van der Waals surface area contributed by atoms with Crippen LogP contribution in [-0.4, -0.2) is 26.5 Å². The summed E-state index contributed by atoms with van der Waals surface area (Å²) in [4.78, 5) is 21.0. The Morgan fingerprint density at radius 3 is 2.53 bits per heavy atom. The molecule has 1 N–H and O–H groups in total. The molecule has 1 aromatic rings. The summed E-state index contributed by atoms with van der Waals surface area (Å²) in [7, 11) is 1.69. The molecule has 1 rings (SSSR count). The van der Waals surface area contributed by atoms with Gasteiger partial charge in [-0.1, -0.05) is 0 Å². The first-order valence-electron chi connectivity index (χ1n) is 4.49. The molecule has 0 fully saturated rings. The minimum absolute atomic E-state index is 0.00715. The summed E-state index contributed by atoms with van der Waals surface area (Å²) < 4.78 is 31.8. The van der Waals surface area contributed by atoms with Gasteiger partial charge in [-0.05, 0) is 6.07 Å². The molecule has 0 saturated heterocycles. The van der Waals surface area contributed by atoms with E-state index in [1.54, 1.807) is 0 Å². The molecule has 11 heteroatoms. The summed E-state index contributed by atoms with van der Waals surface area (Å²) in [6, 6.07) is 3.22. The minimum Gasteiger partial charge on any atom is -0.493 e. The summed E-state index contributed by atoms with van der Waals surface area (Å²) in [5.74, 6) is -0.317. The van der Waals surface area contributed by atoms with Gasteiger partial charge in [-0.15, -0.1) is 0 Å². The molecule has 0 atom stereocenters. The van der Waals surface area contributed by atoms with Crippen molar-refractivity contribution in [2.45, 2.75) is 0 Å². The summed E-state index contributed by atoms with van der Waals surface area (Å²) in [5.41, 5.74) is -0.364. The van der Waals surface area contributed by atoms with Gasteiger partial charge in [0.2, 0.25) is 0 Å². The van der Waals surface area contributed by atoms with Crippen molar-refractivity contribution in [3.05, 3.63) is 28.3 Å². The van der Waals surface area contributed by atoms with E-state index in [9.17, 15) is 23.3 Å². The van der Waals surface area contributed by atoms with E-state index in [0.717, 1.165) is 12.1 Å². The first kappa shape index (κ1) is 15.0. The molecule has 0 aliphatic rings. The van der Waals surface area contributed by atoms with Gasteiger partial charge >= 0.3 is 15.3 Å². The molecule has 9 nitrogen and oxygen atoms in total. The van der Waals surface area contributed by atoms with E-state index < -0.39 is 20.3 Å². The summed E-state index contributed by atoms with van der Waals surface area (Å²) in [5, 5.41) is 10.6. The lowest BCUT2D eigenvalue weighted by Crippen LogP contribution is -2.29. The predicted octanol–water partition coefficient (Wildman–Crippen LogP) is 1.18. The second kappa shape index (κ2) is 5.71. The zero-order valence-corrected chi connectivity index (χ0v) is 10.9. The lowest BCUT2D eigenvalue weighted by Gasteiger charge is -2.08. The fourth-order valence-electron chi connectivity index (χ4n) is 1.08. The third-order valence-electron chi connectivity index (χ3n) is 1.77. The van der Waals surface area contributed by atoms with Crippen LogP contribution in [0.4, 0.5) is 10.5 Å². The second-order valence-corrected chi connectivity index (χ2v) is 5.32. The Balaban J connectivity index is 3.01. The summed E-state index contributed by atoms with van der Waals surface area (Å²) in [6.45, 7) is 0. The molecule has 104 valence electrons. The smallest absolute Gasteiger partial charge is 0.427 e. The Kier molecular flexibility index (Phi) is 4.51. The Bertz CT molecular complexity index is 616. The molecule has 0 unspecified atom stereocenters. The molecule has 1 amide bonds. The molecule has 0 saturated carbocycles. The molecule has 0 aromatic heterocycles. The van der Waals surface area contributed by atoms with E-state index in [4.69, 9.17) is 15.4 Å². The van der Waals surface area contributed by atoms with Crippen LogP contribution in [0.1, 0.15) is 0 Å². The molecule has 0 bridgehead atoms. The number of amides is 1. The third kappa shape index (κ3) is 4.60. The van der Waals surface area contributed by atoms with Crippen molar-refractivity contribution in [1.29, 1.82) is 0 Å². The van der Waals surface area contributed by atoms with Gasteiger partial charge in [0.1, 0.15) is 0 Å². The van der Waals surface area contributed by atoms with Crippen molar-refractivity contribution in [3.63, 3.8) is 0 Å². The molecule has 19 heavy (non-hydrogen) atoms. The number of hydrogen-bond donors (Lipinski definition) is 1. The first-order chi connectivity index (χ1) is 8.73. The van der Waals surface area contributed by atoms with E-state index >= 15 is 0 Å². The Morgan fingerprint density at radius 1 is 1.42 bits per heavy atom. The van der Waals surface area contributed by atoms with Crippen molar-refractivity contribution in [2.75, 3.05) is 7.11 Å². The van der Waals surface area contributed by atoms with Crippen LogP contribution in [0.2, 0.25) is 0 Å². The highest BCUT2D eigenvalue weighted by molar-refractivity contribution is 8.12. The molecule has 0 aliphatic heterocycles. The molecule has 0 radical (unpaired) electrons. The van der Waals surface area contributed by atoms with Crippen LogP contribution in [0.15, 0.2) is 18.2 Å². The lowest BCUT2D eigenvalue weighted by molar-refractivity contribution is -0.384. The average Bonchev–Trinajstić information content (AvgIpc) is 2.26. The fourth-order valence-corrected chi connectivity index (χ4v) is 1.51. The van der Waals surface area contributed by atoms with Crippen molar-refractivity contribution in [1.82, 2.24) is 4.72 Å². The second-order valence-electron chi connectivity index (χ2n) is 3.02. The number of benzene rings is 1. The van der Waals surface area contributed by atoms with Gasteiger partial charge in [-0.25, -0.2) is 9.52 Å². The molecular formula is C8H7ClN2O7S. The maximum absolute atomic E-state index is 11.2. The van der Waals surface area contributed by atoms with E-state index in [-0.39, 0.29) is 17.2 Å². The van der Waals surface area contributed by atoms with Crippen LogP contribution < -0.4 is 14.2 Å². The number of ether oxygens (including phenoxy) is 2. The molecule has 0 aliphatic carbocycles. The number of non-ortho nitro benzene ring substituents is 1. The van der Waals surface area contributed by atoms with Gasteiger partial charge in [0.05, 0.1) is 18.1 Å². The maximum atomic E-state index is 11.2. The monoisotopic (exact) mass is 310 g/mol. The number of nitrogens with one attached hydrogen (secondary N) is 1. The average molecular weight is 311 g/mol. The van der Waals surface area contributed by atoms with Gasteiger partial charge in [-0.3, -0.25) is 10.1 Å². The van der Waals surface area contributed by atoms with E-state index in [1.165, 1.54) is 17.9 Å². The number of nitro benzene ring substituents is 1. The minimum atomic E-state index is -4.32. The third-order valence-corrected chi connectivity index (χ3v) is 2.41. The topological polar surface area (TPSA) is 125 Å². The van der Waals surface area contributed by atoms with Crippen LogP contribution >= 0.6 is 10.7 Å². The standard InChI is InChI=1S/C8H7ClN2O7S/c1-17-6-3-2-5(11(13)14)4-7(6)18-8(12)10-19(9,15)16/h2-4H,1H3,(H,10,12). The van der Waals surface area contributed by atoms with Gasteiger partial charge in [0.25, 0.3) is 5.69 Å². The van der Waals surface area contributed by atoms with Gasteiger partial charge in [0, 0.05) is 16.7 Å². The molecule has 1 aromatic carbocycles. The highest BCUT2D eigenvalue weighted by atomic mass is 35.7. The lowest BCUT2D eigenvalue weighted by atomic mass is 10.3. The van der Waals surface area contributed by atoms with Crippen molar-refractivity contribution < 1.29 is 27.6 Å². The van der Waals surface area contributed by atoms with E-state index in [0.29, 0.717) is 0 Å². The number of nitrogens with zero attached hydrogens (tertiary/aromatic N) is 1. The molecule has 0 spiro atoms. The highest BCUT2D eigenvalue weighted by Gasteiger charge is 2.18. The van der Waals surface area contributed by atoms with E-state index in [2.05, 4.69) is 4.74 Å². The maximum Gasteiger partial charge on any atom is 0.427 e.